The molecule has 7 heteroatoms. The third-order valence-electron chi connectivity index (χ3n) is 3.12. The number of benzene rings is 2. The van der Waals surface area contributed by atoms with Gasteiger partial charge in [0.15, 0.2) is 0 Å². The molecule has 0 aliphatic rings. The van der Waals surface area contributed by atoms with Gasteiger partial charge in [0, 0.05) is 23.3 Å². The van der Waals surface area contributed by atoms with Crippen molar-refractivity contribution in [1.29, 1.82) is 0 Å². The molecule has 0 saturated heterocycles. The number of nitro groups is 1. The largest absolute Gasteiger partial charge is 0.506 e. The summed E-state index contributed by atoms with van der Waals surface area (Å²) < 4.78 is 0.761. The molecule has 0 aliphatic carbocycles. The van der Waals surface area contributed by atoms with Crippen LogP contribution in [0.4, 0.5) is 5.69 Å². The summed E-state index contributed by atoms with van der Waals surface area (Å²) in [6.45, 7) is 0. The van der Waals surface area contributed by atoms with Crippen molar-refractivity contribution in [3.8, 4) is 5.75 Å². The van der Waals surface area contributed by atoms with E-state index in [1.807, 2.05) is 0 Å². The molecule has 23 heavy (non-hydrogen) atoms. The van der Waals surface area contributed by atoms with Crippen LogP contribution in [0.3, 0.4) is 0 Å². The minimum atomic E-state index is -0.600. The maximum atomic E-state index is 12.5. The number of hydrogen-bond acceptors (Lipinski definition) is 6. The highest BCUT2D eigenvalue weighted by molar-refractivity contribution is 7.21. The molecule has 0 bridgehead atoms. The topological polar surface area (TPSA) is 101 Å². The number of aliphatic hydroxyl groups excluding tert-OH is 1. The van der Waals surface area contributed by atoms with Gasteiger partial charge in [0.1, 0.15) is 16.2 Å². The Labute approximate surface area is 135 Å². The zero-order valence-corrected chi connectivity index (χ0v) is 12.9. The van der Waals surface area contributed by atoms with Crippen molar-refractivity contribution in [3.05, 3.63) is 69.1 Å². The molecule has 6 nitrogen and oxygen atoms in total. The highest BCUT2D eigenvalue weighted by Crippen LogP contribution is 2.38. The summed E-state index contributed by atoms with van der Waals surface area (Å²) in [4.78, 5) is 23.0. The average molecular weight is 331 g/mol. The zero-order chi connectivity index (χ0) is 17.0. The van der Waals surface area contributed by atoms with Gasteiger partial charge in [-0.3, -0.25) is 14.9 Å². The maximum Gasteiger partial charge on any atom is 0.280 e. The standard InChI is InChI=1S/C15H9NO4S.CH4O/c17-13(9-5-1-3-7-11(9)16(19)20)15-14(18)10-6-2-4-8-12(10)21-15;1-2/h1-8,18H;2H,1H3. The van der Waals surface area contributed by atoms with Gasteiger partial charge < -0.3 is 10.2 Å². The summed E-state index contributed by atoms with van der Waals surface area (Å²) >= 11 is 1.13. The monoisotopic (exact) mass is 331 g/mol. The van der Waals surface area contributed by atoms with Crippen LogP contribution in [0.15, 0.2) is 48.5 Å². The normalized spacial score (nSPS) is 10.0. The molecular formula is C16H13NO5S. The predicted octanol–water partition coefficient (Wildman–Crippen LogP) is 3.35. The Kier molecular flexibility index (Phi) is 5.05. The summed E-state index contributed by atoms with van der Waals surface area (Å²) in [5.74, 6) is -0.667. The van der Waals surface area contributed by atoms with Crippen LogP contribution in [0.5, 0.6) is 5.75 Å². The van der Waals surface area contributed by atoms with Crippen molar-refractivity contribution in [2.75, 3.05) is 7.11 Å². The highest BCUT2D eigenvalue weighted by Gasteiger charge is 2.25. The molecule has 0 atom stereocenters. The number of hydrogen-bond donors (Lipinski definition) is 2. The Morgan fingerprint density at radius 3 is 2.35 bits per heavy atom. The molecular weight excluding hydrogens is 318 g/mol. The molecule has 0 radical (unpaired) electrons. The van der Waals surface area contributed by atoms with E-state index in [0.717, 1.165) is 23.1 Å². The summed E-state index contributed by atoms with van der Waals surface area (Å²) in [5.41, 5.74) is -0.288. The Bertz CT molecular complexity index is 872. The second kappa shape index (κ2) is 6.99. The van der Waals surface area contributed by atoms with Gasteiger partial charge in [-0.25, -0.2) is 0 Å². The highest BCUT2D eigenvalue weighted by atomic mass is 32.1. The zero-order valence-electron chi connectivity index (χ0n) is 12.1. The van der Waals surface area contributed by atoms with E-state index in [1.54, 1.807) is 30.3 Å². The average Bonchev–Trinajstić information content (AvgIpc) is 2.93. The number of rotatable bonds is 3. The van der Waals surface area contributed by atoms with E-state index in [9.17, 15) is 20.0 Å². The number of nitro benzene ring substituents is 1. The van der Waals surface area contributed by atoms with Gasteiger partial charge in [-0.1, -0.05) is 24.3 Å². The third-order valence-corrected chi connectivity index (χ3v) is 4.28. The minimum Gasteiger partial charge on any atom is -0.506 e. The Balaban J connectivity index is 0.000000924. The number of para-hydroxylation sites is 1. The van der Waals surface area contributed by atoms with Crippen LogP contribution >= 0.6 is 11.3 Å². The fourth-order valence-corrected chi connectivity index (χ4v) is 3.18. The van der Waals surface area contributed by atoms with E-state index in [-0.39, 0.29) is 21.9 Å². The van der Waals surface area contributed by atoms with E-state index >= 15 is 0 Å². The third kappa shape index (κ3) is 3.05. The Morgan fingerprint density at radius 2 is 1.70 bits per heavy atom. The first-order valence-electron chi connectivity index (χ1n) is 6.53. The number of fused-ring (bicyclic) bond motifs is 1. The number of nitrogens with zero attached hydrogens (tertiary/aromatic N) is 1. The molecule has 3 aromatic rings. The lowest BCUT2D eigenvalue weighted by atomic mass is 10.1. The fraction of sp³-hybridized carbons (Fsp3) is 0.0625. The minimum absolute atomic E-state index is 0.0237. The van der Waals surface area contributed by atoms with Crippen LogP contribution in [0.25, 0.3) is 10.1 Å². The second-order valence-electron chi connectivity index (χ2n) is 4.38. The lowest BCUT2D eigenvalue weighted by molar-refractivity contribution is -0.385. The van der Waals surface area contributed by atoms with Gasteiger partial charge in [-0.15, -0.1) is 11.3 Å². The SMILES string of the molecule is CO.O=C(c1ccccc1[N+](=O)[O-])c1sc2ccccc2c1O. The van der Waals surface area contributed by atoms with Crippen LogP contribution in [0, 0.1) is 10.1 Å². The predicted molar refractivity (Wildman–Crippen MR) is 88.2 cm³/mol. The maximum absolute atomic E-state index is 12.5. The van der Waals surface area contributed by atoms with Gasteiger partial charge in [-0.2, -0.15) is 0 Å². The number of thiophene rings is 1. The van der Waals surface area contributed by atoms with Crippen LogP contribution < -0.4 is 0 Å². The smallest absolute Gasteiger partial charge is 0.280 e. The van der Waals surface area contributed by atoms with Crippen LogP contribution in [0.1, 0.15) is 15.2 Å². The fourth-order valence-electron chi connectivity index (χ4n) is 2.13. The van der Waals surface area contributed by atoms with Crippen LogP contribution in [-0.4, -0.2) is 28.0 Å². The van der Waals surface area contributed by atoms with E-state index in [2.05, 4.69) is 0 Å². The molecule has 3 rings (SSSR count). The van der Waals surface area contributed by atoms with Gasteiger partial charge in [-0.05, 0) is 18.2 Å². The van der Waals surface area contributed by atoms with E-state index < -0.39 is 10.7 Å². The van der Waals surface area contributed by atoms with Crippen molar-refractivity contribution in [3.63, 3.8) is 0 Å². The molecule has 0 spiro atoms. The van der Waals surface area contributed by atoms with Gasteiger partial charge in [0.05, 0.1) is 4.92 Å². The molecule has 0 saturated carbocycles. The lowest BCUT2D eigenvalue weighted by Gasteiger charge is -2.00. The van der Waals surface area contributed by atoms with Crippen LogP contribution in [-0.2, 0) is 0 Å². The van der Waals surface area contributed by atoms with E-state index in [0.29, 0.717) is 5.39 Å². The molecule has 1 aromatic heterocycles. The Morgan fingerprint density at radius 1 is 1.09 bits per heavy atom. The molecule has 118 valence electrons. The van der Waals surface area contributed by atoms with Crippen LogP contribution in [0.2, 0.25) is 0 Å². The van der Waals surface area contributed by atoms with Gasteiger partial charge >= 0.3 is 0 Å². The first kappa shape index (κ1) is 16.6. The van der Waals surface area contributed by atoms with Crippen molar-refractivity contribution < 1.29 is 19.9 Å². The molecule has 0 aliphatic heterocycles. The van der Waals surface area contributed by atoms with E-state index in [4.69, 9.17) is 5.11 Å². The number of carbonyl (C=O) groups is 1. The number of aliphatic hydroxyl groups is 1. The van der Waals surface area contributed by atoms with E-state index in [1.165, 1.54) is 18.2 Å². The second-order valence-corrected chi connectivity index (χ2v) is 5.43. The first-order chi connectivity index (χ1) is 11.1. The summed E-state index contributed by atoms with van der Waals surface area (Å²) in [5, 5.41) is 28.8. The molecule has 1 heterocycles. The molecule has 0 unspecified atom stereocenters. The number of carbonyl (C=O) groups excluding carboxylic acids is 1. The number of aromatic hydroxyl groups is 1. The summed E-state index contributed by atoms with van der Waals surface area (Å²) in [7, 11) is 1.00. The van der Waals surface area contributed by atoms with Gasteiger partial charge in [0.25, 0.3) is 5.69 Å². The summed E-state index contributed by atoms with van der Waals surface area (Å²) in [6, 6.07) is 12.8. The van der Waals surface area contributed by atoms with Crippen molar-refractivity contribution in [2.45, 2.75) is 0 Å². The molecule has 2 aromatic carbocycles. The lowest BCUT2D eigenvalue weighted by Crippen LogP contribution is -2.03. The Hall–Kier alpha value is -2.77. The van der Waals surface area contributed by atoms with Gasteiger partial charge in [0.2, 0.25) is 5.78 Å². The number of ketones is 1. The first-order valence-corrected chi connectivity index (χ1v) is 7.34. The van der Waals surface area contributed by atoms with Crippen molar-refractivity contribution >= 4 is 32.9 Å². The van der Waals surface area contributed by atoms with Crippen molar-refractivity contribution in [1.82, 2.24) is 0 Å². The quantitative estimate of drug-likeness (QED) is 0.435. The molecule has 0 fully saturated rings. The molecule has 2 N–H and O–H groups in total. The van der Waals surface area contributed by atoms with Crippen molar-refractivity contribution in [2.24, 2.45) is 0 Å². The molecule has 0 amide bonds. The summed E-state index contributed by atoms with van der Waals surface area (Å²) in [6.07, 6.45) is 0.